The lowest BCUT2D eigenvalue weighted by molar-refractivity contribution is -0.143. The lowest BCUT2D eigenvalue weighted by Gasteiger charge is -2.33. The second-order valence-corrected chi connectivity index (χ2v) is 5.44. The number of fused-ring (bicyclic) bond motifs is 1. The number of hydrogen-bond donors (Lipinski definition) is 2. The van der Waals surface area contributed by atoms with E-state index in [-0.39, 0.29) is 11.1 Å². The molecule has 0 radical (unpaired) electrons. The summed E-state index contributed by atoms with van der Waals surface area (Å²) in [5, 5.41) is 9.94. The number of aliphatic carboxylic acids is 1. The molecular weight excluding hydrogens is 284 g/mol. The Hall–Kier alpha value is -2.63. The lowest BCUT2D eigenvalue weighted by Crippen LogP contribution is -2.48. The van der Waals surface area contributed by atoms with Crippen LogP contribution in [0, 0.1) is 0 Å². The maximum absolute atomic E-state index is 12.8. The molecule has 1 amide bonds. The van der Waals surface area contributed by atoms with E-state index < -0.39 is 17.9 Å². The van der Waals surface area contributed by atoms with Crippen LogP contribution in [0.15, 0.2) is 35.1 Å². The Kier molecular flexibility index (Phi) is 3.66. The van der Waals surface area contributed by atoms with Crippen LogP contribution in [0.1, 0.15) is 29.6 Å². The number of aromatic amines is 1. The molecular formula is C16H16N2O4. The Morgan fingerprint density at radius 3 is 2.77 bits per heavy atom. The molecule has 1 aliphatic rings. The van der Waals surface area contributed by atoms with Gasteiger partial charge < -0.3 is 15.0 Å². The highest BCUT2D eigenvalue weighted by Gasteiger charge is 2.33. The van der Waals surface area contributed by atoms with E-state index >= 15 is 0 Å². The lowest BCUT2D eigenvalue weighted by atomic mass is 10.00. The molecule has 0 saturated carbocycles. The van der Waals surface area contributed by atoms with E-state index in [2.05, 4.69) is 4.98 Å². The number of nitrogens with zero attached hydrogens (tertiary/aromatic N) is 1. The molecule has 0 bridgehead atoms. The van der Waals surface area contributed by atoms with E-state index in [4.69, 9.17) is 0 Å². The van der Waals surface area contributed by atoms with Gasteiger partial charge in [0.2, 0.25) is 5.56 Å². The van der Waals surface area contributed by atoms with Gasteiger partial charge in [0.05, 0.1) is 5.56 Å². The number of para-hydroxylation sites is 1. The van der Waals surface area contributed by atoms with Crippen molar-refractivity contribution in [1.82, 2.24) is 9.88 Å². The molecule has 2 heterocycles. The molecule has 114 valence electrons. The molecule has 6 nitrogen and oxygen atoms in total. The topological polar surface area (TPSA) is 90.5 Å². The summed E-state index contributed by atoms with van der Waals surface area (Å²) in [7, 11) is 0. The van der Waals surface area contributed by atoms with Crippen LogP contribution < -0.4 is 5.56 Å². The molecule has 1 aliphatic heterocycles. The van der Waals surface area contributed by atoms with Gasteiger partial charge in [0.25, 0.3) is 5.91 Å². The highest BCUT2D eigenvalue weighted by Crippen LogP contribution is 2.22. The van der Waals surface area contributed by atoms with Crippen LogP contribution in [-0.2, 0) is 4.79 Å². The number of nitrogens with one attached hydrogen (secondary N) is 1. The molecule has 22 heavy (non-hydrogen) atoms. The number of benzene rings is 1. The number of rotatable bonds is 2. The van der Waals surface area contributed by atoms with Crippen molar-refractivity contribution in [3.63, 3.8) is 0 Å². The highest BCUT2D eigenvalue weighted by atomic mass is 16.4. The van der Waals surface area contributed by atoms with E-state index in [0.29, 0.717) is 23.9 Å². The third-order valence-corrected chi connectivity index (χ3v) is 4.03. The molecule has 1 aromatic carbocycles. The fraction of sp³-hybridized carbons (Fsp3) is 0.312. The van der Waals surface area contributed by atoms with Gasteiger partial charge in [-0.3, -0.25) is 9.59 Å². The molecule has 0 aliphatic carbocycles. The number of H-pyrrole nitrogens is 1. The summed E-state index contributed by atoms with van der Waals surface area (Å²) in [6.45, 7) is 0.400. The third-order valence-electron chi connectivity index (χ3n) is 4.03. The summed E-state index contributed by atoms with van der Waals surface area (Å²) in [5.74, 6) is -1.39. The number of pyridine rings is 1. The van der Waals surface area contributed by atoms with Crippen molar-refractivity contribution in [1.29, 1.82) is 0 Å². The summed E-state index contributed by atoms with van der Waals surface area (Å²) in [4.78, 5) is 40.0. The minimum absolute atomic E-state index is 0.257. The zero-order valence-corrected chi connectivity index (χ0v) is 11.9. The number of hydrogen-bond acceptors (Lipinski definition) is 3. The summed E-state index contributed by atoms with van der Waals surface area (Å²) in [6.07, 6.45) is 2.01. The van der Waals surface area contributed by atoms with Crippen molar-refractivity contribution in [3.05, 3.63) is 46.2 Å². The number of carbonyl (C=O) groups is 2. The van der Waals surface area contributed by atoms with Crippen LogP contribution in [0.4, 0.5) is 0 Å². The number of amides is 1. The van der Waals surface area contributed by atoms with E-state index in [0.717, 1.165) is 12.8 Å². The standard InChI is InChI=1S/C16H16N2O4/c19-14-9-11(10-5-1-2-6-12(10)17-14)15(20)18-8-4-3-7-13(18)16(21)22/h1-2,5-6,9,13H,3-4,7-8H2,(H,17,19)(H,21,22). The van der Waals surface area contributed by atoms with Gasteiger partial charge in [0.1, 0.15) is 6.04 Å². The van der Waals surface area contributed by atoms with Gasteiger partial charge in [0.15, 0.2) is 0 Å². The smallest absolute Gasteiger partial charge is 0.326 e. The number of carbonyl (C=O) groups excluding carboxylic acids is 1. The fourth-order valence-corrected chi connectivity index (χ4v) is 2.97. The minimum Gasteiger partial charge on any atom is -0.480 e. The zero-order valence-electron chi connectivity index (χ0n) is 11.9. The molecule has 1 unspecified atom stereocenters. The molecule has 1 fully saturated rings. The maximum Gasteiger partial charge on any atom is 0.326 e. The average Bonchev–Trinajstić information content (AvgIpc) is 2.53. The zero-order chi connectivity index (χ0) is 15.7. The van der Waals surface area contributed by atoms with Gasteiger partial charge in [-0.25, -0.2) is 4.79 Å². The molecule has 3 rings (SSSR count). The maximum atomic E-state index is 12.8. The van der Waals surface area contributed by atoms with Crippen LogP contribution in [0.25, 0.3) is 10.9 Å². The van der Waals surface area contributed by atoms with Crippen molar-refractivity contribution < 1.29 is 14.7 Å². The monoisotopic (exact) mass is 300 g/mol. The molecule has 1 aromatic heterocycles. The molecule has 1 saturated heterocycles. The fourth-order valence-electron chi connectivity index (χ4n) is 2.97. The van der Waals surface area contributed by atoms with Crippen molar-refractivity contribution in [2.24, 2.45) is 0 Å². The highest BCUT2D eigenvalue weighted by molar-refractivity contribution is 6.07. The Morgan fingerprint density at radius 1 is 1.23 bits per heavy atom. The Labute approximate surface area is 126 Å². The van der Waals surface area contributed by atoms with Crippen LogP contribution in [0.2, 0.25) is 0 Å². The normalized spacial score (nSPS) is 18.4. The van der Waals surface area contributed by atoms with Crippen molar-refractivity contribution in [2.75, 3.05) is 6.54 Å². The van der Waals surface area contributed by atoms with E-state index in [1.165, 1.54) is 11.0 Å². The first-order valence-electron chi connectivity index (χ1n) is 7.24. The van der Waals surface area contributed by atoms with Gasteiger partial charge in [-0.1, -0.05) is 18.2 Å². The van der Waals surface area contributed by atoms with Crippen molar-refractivity contribution >= 4 is 22.8 Å². The molecule has 1 atom stereocenters. The molecule has 0 spiro atoms. The number of carboxylic acids is 1. The second-order valence-electron chi connectivity index (χ2n) is 5.44. The molecule has 2 aromatic rings. The predicted octanol–water partition coefficient (Wildman–Crippen LogP) is 1.61. The summed E-state index contributed by atoms with van der Waals surface area (Å²) >= 11 is 0. The van der Waals surface area contributed by atoms with Crippen LogP contribution in [0.3, 0.4) is 0 Å². The van der Waals surface area contributed by atoms with Gasteiger partial charge in [-0.2, -0.15) is 0 Å². The van der Waals surface area contributed by atoms with Crippen LogP contribution in [0.5, 0.6) is 0 Å². The Balaban J connectivity index is 2.08. The van der Waals surface area contributed by atoms with E-state index in [1.807, 2.05) is 0 Å². The SMILES string of the molecule is O=C(O)C1CCCCN1C(=O)c1cc(=O)[nH]c2ccccc12. The van der Waals surface area contributed by atoms with Crippen molar-refractivity contribution in [3.8, 4) is 0 Å². The summed E-state index contributed by atoms with van der Waals surface area (Å²) < 4.78 is 0. The average molecular weight is 300 g/mol. The summed E-state index contributed by atoms with van der Waals surface area (Å²) in [5.41, 5.74) is 0.459. The Bertz CT molecular complexity index is 796. The number of likely N-dealkylation sites (tertiary alicyclic amines) is 1. The van der Waals surface area contributed by atoms with E-state index in [1.54, 1.807) is 24.3 Å². The number of carboxylic acid groups (broad SMARTS) is 1. The Morgan fingerprint density at radius 2 is 2.00 bits per heavy atom. The first-order chi connectivity index (χ1) is 10.6. The van der Waals surface area contributed by atoms with E-state index in [9.17, 15) is 19.5 Å². The first-order valence-corrected chi connectivity index (χ1v) is 7.24. The van der Waals surface area contributed by atoms with Crippen LogP contribution in [-0.4, -0.2) is 39.5 Å². The minimum atomic E-state index is -0.998. The third kappa shape index (κ3) is 2.47. The van der Waals surface area contributed by atoms with Crippen molar-refractivity contribution in [2.45, 2.75) is 25.3 Å². The molecule has 6 heteroatoms. The summed E-state index contributed by atoms with van der Waals surface area (Å²) in [6, 6.07) is 7.45. The quantitative estimate of drug-likeness (QED) is 0.881. The van der Waals surface area contributed by atoms with Gasteiger partial charge >= 0.3 is 5.97 Å². The first kappa shape index (κ1) is 14.3. The second kappa shape index (κ2) is 5.63. The predicted molar refractivity (Wildman–Crippen MR) is 80.9 cm³/mol. The largest absolute Gasteiger partial charge is 0.480 e. The molecule has 2 N–H and O–H groups in total. The number of aromatic nitrogens is 1. The van der Waals surface area contributed by atoms with Gasteiger partial charge in [-0.15, -0.1) is 0 Å². The van der Waals surface area contributed by atoms with Gasteiger partial charge in [0, 0.05) is 23.5 Å². The number of piperidine rings is 1. The van der Waals surface area contributed by atoms with Crippen LogP contribution >= 0.6 is 0 Å². The van der Waals surface area contributed by atoms with Gasteiger partial charge in [-0.05, 0) is 25.3 Å².